The van der Waals surface area contributed by atoms with Gasteiger partial charge in [0.15, 0.2) is 17.4 Å². The van der Waals surface area contributed by atoms with E-state index in [2.05, 4.69) is 15.0 Å². The van der Waals surface area contributed by atoms with E-state index < -0.39 is 34.7 Å². The Labute approximate surface area is 181 Å². The van der Waals surface area contributed by atoms with Gasteiger partial charge < -0.3 is 19.2 Å². The van der Waals surface area contributed by atoms with Crippen LogP contribution >= 0.6 is 0 Å². The number of hydrogen-bond acceptors (Lipinski definition) is 4. The third kappa shape index (κ3) is 3.62. The number of nitrogens with one attached hydrogen (secondary N) is 1. The molecule has 2 aromatic heterocycles. The van der Waals surface area contributed by atoms with Gasteiger partial charge in [-0.05, 0) is 42.8 Å². The fourth-order valence-electron chi connectivity index (χ4n) is 3.37. The smallest absolute Gasteiger partial charge is 0.258 e. The van der Waals surface area contributed by atoms with E-state index in [1.165, 1.54) is 7.11 Å². The molecule has 32 heavy (non-hydrogen) atoms. The molecule has 4 rings (SSSR count). The van der Waals surface area contributed by atoms with Gasteiger partial charge in [0.25, 0.3) is 5.91 Å². The summed E-state index contributed by atoms with van der Waals surface area (Å²) in [4.78, 5) is 17.3. The van der Waals surface area contributed by atoms with Gasteiger partial charge in [-0.15, -0.1) is 0 Å². The second kappa shape index (κ2) is 8.26. The van der Waals surface area contributed by atoms with Gasteiger partial charge in [0.1, 0.15) is 11.4 Å². The summed E-state index contributed by atoms with van der Waals surface area (Å²) in [6, 6.07) is 9.29. The zero-order chi connectivity index (χ0) is 23.0. The molecule has 0 aliphatic rings. The van der Waals surface area contributed by atoms with Crippen LogP contribution in [0.1, 0.15) is 15.9 Å². The lowest BCUT2D eigenvalue weighted by atomic mass is 10.1. The number of fused-ring (bicyclic) bond motifs is 1. The Morgan fingerprint density at radius 3 is 2.53 bits per heavy atom. The molecule has 0 radical (unpaired) electrons. The molecule has 2 aromatic carbocycles. The summed E-state index contributed by atoms with van der Waals surface area (Å²) in [6.45, 7) is 1.94. The minimum absolute atomic E-state index is 0.201. The van der Waals surface area contributed by atoms with Gasteiger partial charge in [-0.25, -0.2) is 13.8 Å². The number of benzene rings is 2. The van der Waals surface area contributed by atoms with E-state index in [1.54, 1.807) is 18.2 Å². The van der Waals surface area contributed by atoms with Crippen LogP contribution in [0.25, 0.3) is 16.9 Å². The van der Waals surface area contributed by atoms with E-state index in [4.69, 9.17) is 4.74 Å². The Morgan fingerprint density at radius 2 is 1.84 bits per heavy atom. The highest BCUT2D eigenvalue weighted by Gasteiger charge is 2.24. The third-order valence-corrected chi connectivity index (χ3v) is 4.99. The summed E-state index contributed by atoms with van der Waals surface area (Å²) >= 11 is 0. The maximum atomic E-state index is 14.5. The summed E-state index contributed by atoms with van der Waals surface area (Å²) < 4.78 is 53.8. The van der Waals surface area contributed by atoms with Crippen molar-refractivity contribution < 1.29 is 27.4 Å². The van der Waals surface area contributed by atoms with Crippen molar-refractivity contribution in [1.82, 2.24) is 9.38 Å². The van der Waals surface area contributed by atoms with E-state index in [9.17, 15) is 18.0 Å². The lowest BCUT2D eigenvalue weighted by Crippen LogP contribution is -2.16. The Kier molecular flexibility index (Phi) is 5.48. The number of anilines is 1. The van der Waals surface area contributed by atoms with Crippen LogP contribution in [0.4, 0.5) is 18.9 Å². The van der Waals surface area contributed by atoms with E-state index in [-0.39, 0.29) is 11.4 Å². The molecule has 0 spiro atoms. The number of amides is 1. The molecule has 0 aliphatic carbocycles. The Morgan fingerprint density at radius 1 is 1.06 bits per heavy atom. The van der Waals surface area contributed by atoms with E-state index in [0.29, 0.717) is 17.3 Å². The first kappa shape index (κ1) is 21.2. The molecule has 0 unspecified atom stereocenters. The molecule has 0 bridgehead atoms. The normalized spacial score (nSPS) is 10.9. The van der Waals surface area contributed by atoms with E-state index >= 15 is 0 Å². The summed E-state index contributed by atoms with van der Waals surface area (Å²) in [6.07, 6.45) is 3.69. The number of ether oxygens (including phenoxy) is 2. The molecular formula is C23H18F3N3O3. The van der Waals surface area contributed by atoms with Crippen molar-refractivity contribution in [2.75, 3.05) is 19.5 Å². The van der Waals surface area contributed by atoms with Crippen molar-refractivity contribution in [3.63, 3.8) is 0 Å². The highest BCUT2D eigenvalue weighted by Crippen LogP contribution is 2.32. The predicted molar refractivity (Wildman–Crippen MR) is 113 cm³/mol. The van der Waals surface area contributed by atoms with Crippen molar-refractivity contribution in [3.05, 3.63) is 77.4 Å². The highest BCUT2D eigenvalue weighted by atomic mass is 19.2. The van der Waals surface area contributed by atoms with Crippen LogP contribution in [-0.2, 0) is 0 Å². The molecule has 6 nitrogen and oxygen atoms in total. The van der Waals surface area contributed by atoms with Gasteiger partial charge in [-0.3, -0.25) is 4.79 Å². The molecule has 1 N–H and O–H groups in total. The number of hydrogen-bond donors (Lipinski definition) is 1. The molecule has 0 fully saturated rings. The largest absolute Gasteiger partial charge is 0.495 e. The molecule has 0 saturated heterocycles. The maximum Gasteiger partial charge on any atom is 0.258 e. The van der Waals surface area contributed by atoms with Crippen LogP contribution in [0.5, 0.6) is 11.5 Å². The maximum absolute atomic E-state index is 14.5. The van der Waals surface area contributed by atoms with Crippen LogP contribution in [0, 0.1) is 24.4 Å². The van der Waals surface area contributed by atoms with Crippen molar-refractivity contribution in [3.8, 4) is 22.8 Å². The number of rotatable bonds is 5. The van der Waals surface area contributed by atoms with Crippen LogP contribution < -0.4 is 14.8 Å². The summed E-state index contributed by atoms with van der Waals surface area (Å²) in [5.41, 5.74) is 2.55. The first-order valence-corrected chi connectivity index (χ1v) is 9.49. The van der Waals surface area contributed by atoms with Crippen LogP contribution in [0.3, 0.4) is 0 Å². The number of carbonyl (C=O) groups is 1. The summed E-state index contributed by atoms with van der Waals surface area (Å²) in [5.74, 6) is -5.92. The molecule has 0 atom stereocenters. The van der Waals surface area contributed by atoms with E-state index in [0.717, 1.165) is 18.3 Å². The average molecular weight is 441 g/mol. The van der Waals surface area contributed by atoms with Gasteiger partial charge in [-0.1, -0.05) is 6.07 Å². The minimum Gasteiger partial charge on any atom is -0.495 e. The number of aromatic nitrogens is 2. The zero-order valence-corrected chi connectivity index (χ0v) is 17.4. The van der Waals surface area contributed by atoms with Gasteiger partial charge in [0, 0.05) is 18.0 Å². The lowest BCUT2D eigenvalue weighted by Gasteiger charge is -2.13. The number of pyridine rings is 1. The number of imidazole rings is 1. The zero-order valence-electron chi connectivity index (χ0n) is 17.4. The monoisotopic (exact) mass is 441 g/mol. The van der Waals surface area contributed by atoms with Crippen LogP contribution in [0.15, 0.2) is 48.8 Å². The Bertz CT molecular complexity index is 1350. The van der Waals surface area contributed by atoms with Crippen molar-refractivity contribution >= 4 is 17.2 Å². The standard InChI is InChI=1S/C23H18F3N3O3/c1-12-5-4-8-29-11-17(27-22(12)29)13-6-7-18(31-2)16(9-13)28-23(30)14-10-15(24)20(26)21(32-3)19(14)25/h4-11H,1-3H3,(H,28,30). The number of aryl methyl sites for hydroxylation is 1. The van der Waals surface area contributed by atoms with Crippen molar-refractivity contribution in [2.24, 2.45) is 0 Å². The lowest BCUT2D eigenvalue weighted by molar-refractivity contribution is 0.102. The molecular weight excluding hydrogens is 423 g/mol. The number of halogens is 3. The SMILES string of the molecule is COc1ccc(-c2cn3cccc(C)c3n2)cc1NC(=O)c1cc(F)c(F)c(OC)c1F. The van der Waals surface area contributed by atoms with Gasteiger partial charge in [-0.2, -0.15) is 4.39 Å². The highest BCUT2D eigenvalue weighted by molar-refractivity contribution is 6.05. The van der Waals surface area contributed by atoms with Gasteiger partial charge >= 0.3 is 0 Å². The summed E-state index contributed by atoms with van der Waals surface area (Å²) in [5, 5.41) is 2.49. The molecule has 9 heteroatoms. The third-order valence-electron chi connectivity index (χ3n) is 4.99. The van der Waals surface area contributed by atoms with Crippen molar-refractivity contribution in [1.29, 1.82) is 0 Å². The number of methoxy groups -OCH3 is 2. The Hall–Kier alpha value is -4.01. The molecule has 1 amide bonds. The number of nitrogens with zero attached hydrogens (tertiary/aromatic N) is 2. The van der Waals surface area contributed by atoms with E-state index in [1.807, 2.05) is 35.9 Å². The quantitative estimate of drug-likeness (QED) is 0.443. The molecule has 0 aliphatic heterocycles. The second-order valence-corrected chi connectivity index (χ2v) is 6.98. The van der Waals surface area contributed by atoms with Gasteiger partial charge in [0.2, 0.25) is 5.82 Å². The average Bonchev–Trinajstić information content (AvgIpc) is 3.22. The first-order valence-electron chi connectivity index (χ1n) is 9.49. The first-order chi connectivity index (χ1) is 15.3. The molecule has 0 saturated carbocycles. The van der Waals surface area contributed by atoms with Crippen LogP contribution in [-0.4, -0.2) is 29.5 Å². The minimum atomic E-state index is -1.51. The van der Waals surface area contributed by atoms with Crippen molar-refractivity contribution in [2.45, 2.75) is 6.92 Å². The molecule has 4 aromatic rings. The number of carbonyl (C=O) groups excluding carboxylic acids is 1. The topological polar surface area (TPSA) is 64.9 Å². The Balaban J connectivity index is 1.73. The predicted octanol–water partition coefficient (Wildman–Crippen LogP) is 5.00. The fraction of sp³-hybridized carbons (Fsp3) is 0.130. The fourth-order valence-corrected chi connectivity index (χ4v) is 3.37. The molecule has 2 heterocycles. The second-order valence-electron chi connectivity index (χ2n) is 6.98. The van der Waals surface area contributed by atoms with Crippen LogP contribution in [0.2, 0.25) is 0 Å². The summed E-state index contributed by atoms with van der Waals surface area (Å²) in [7, 11) is 2.38. The molecule has 164 valence electrons. The van der Waals surface area contributed by atoms with Gasteiger partial charge in [0.05, 0.1) is 31.2 Å².